The molecule has 0 atom stereocenters. The van der Waals surface area contributed by atoms with Crippen molar-refractivity contribution in [3.05, 3.63) is 24.6 Å². The molecule has 0 aliphatic heterocycles. The van der Waals surface area contributed by atoms with E-state index in [-0.39, 0.29) is 4.90 Å². The molecule has 0 saturated carbocycles. The fraction of sp³-hybridized carbons (Fsp3) is 0.125. The minimum absolute atomic E-state index is 0.247. The smallest absolute Gasteiger partial charge is 0.181 e. The molecule has 0 spiro atoms. The van der Waals surface area contributed by atoms with Crippen LogP contribution in [-0.2, 0) is 9.84 Å². The van der Waals surface area contributed by atoms with Crippen molar-refractivity contribution in [2.45, 2.75) is 4.90 Å². The molecule has 68 valence electrons. The summed E-state index contributed by atoms with van der Waals surface area (Å²) in [5.41, 5.74) is 1.15. The number of hydrogen-bond acceptors (Lipinski definition) is 4. The van der Waals surface area contributed by atoms with Gasteiger partial charge in [0.15, 0.2) is 21.8 Å². The number of fused-ring (bicyclic) bond motifs is 1. The lowest BCUT2D eigenvalue weighted by atomic mass is 10.3. The maximum atomic E-state index is 11.1. The molecule has 1 heterocycles. The molecule has 13 heavy (non-hydrogen) atoms. The number of rotatable bonds is 1. The zero-order valence-electron chi connectivity index (χ0n) is 6.89. The first-order valence-corrected chi connectivity index (χ1v) is 5.50. The van der Waals surface area contributed by atoms with E-state index in [0.717, 1.165) is 6.26 Å². The zero-order chi connectivity index (χ0) is 9.47. The summed E-state index contributed by atoms with van der Waals surface area (Å²) in [6.07, 6.45) is 2.45. The first kappa shape index (κ1) is 8.25. The second-order valence-electron chi connectivity index (χ2n) is 2.75. The van der Waals surface area contributed by atoms with Gasteiger partial charge in [0.1, 0.15) is 5.52 Å². The summed E-state index contributed by atoms with van der Waals surface area (Å²) in [5, 5.41) is 0. The Bertz CT molecular complexity index is 541. The highest BCUT2D eigenvalue weighted by Crippen LogP contribution is 2.17. The molecule has 2 rings (SSSR count). The molecule has 5 heteroatoms. The molecule has 1 aromatic carbocycles. The van der Waals surface area contributed by atoms with Gasteiger partial charge in [0.2, 0.25) is 0 Å². The Balaban J connectivity index is 2.75. The largest absolute Gasteiger partial charge is 0.443 e. The lowest BCUT2D eigenvalue weighted by Crippen LogP contribution is -1.95. The highest BCUT2D eigenvalue weighted by atomic mass is 32.2. The standard InChI is InChI=1S/C8H7NO3S/c1-13(10,11)6-2-3-7-8(4-6)12-5-9-7/h2-5H,1H3. The molecule has 0 bridgehead atoms. The van der Waals surface area contributed by atoms with Gasteiger partial charge in [-0.05, 0) is 12.1 Å². The third-order valence-corrected chi connectivity index (χ3v) is 2.84. The zero-order valence-corrected chi connectivity index (χ0v) is 7.71. The Hall–Kier alpha value is -1.36. The Morgan fingerprint density at radius 1 is 1.38 bits per heavy atom. The Labute approximate surface area is 75.1 Å². The Morgan fingerprint density at radius 2 is 2.15 bits per heavy atom. The van der Waals surface area contributed by atoms with Gasteiger partial charge in [0.05, 0.1) is 4.90 Å². The molecule has 0 unspecified atom stereocenters. The summed E-state index contributed by atoms with van der Waals surface area (Å²) in [6.45, 7) is 0. The molecule has 0 aliphatic carbocycles. The van der Waals surface area contributed by atoms with E-state index in [9.17, 15) is 8.42 Å². The number of hydrogen-bond donors (Lipinski definition) is 0. The van der Waals surface area contributed by atoms with Crippen LogP contribution in [-0.4, -0.2) is 19.7 Å². The van der Waals surface area contributed by atoms with Gasteiger partial charge in [-0.1, -0.05) is 0 Å². The van der Waals surface area contributed by atoms with E-state index in [1.165, 1.54) is 18.5 Å². The van der Waals surface area contributed by atoms with Crippen LogP contribution in [0.5, 0.6) is 0 Å². The normalized spacial score (nSPS) is 12.1. The molecule has 0 N–H and O–H groups in total. The van der Waals surface area contributed by atoms with Gasteiger partial charge in [0.25, 0.3) is 0 Å². The summed E-state index contributed by atoms with van der Waals surface area (Å²) >= 11 is 0. The quantitative estimate of drug-likeness (QED) is 0.689. The van der Waals surface area contributed by atoms with Gasteiger partial charge in [-0.2, -0.15) is 0 Å². The van der Waals surface area contributed by atoms with Crippen LogP contribution in [0.1, 0.15) is 0 Å². The van der Waals surface area contributed by atoms with Crippen LogP contribution in [0, 0.1) is 0 Å². The van der Waals surface area contributed by atoms with Crippen molar-refractivity contribution < 1.29 is 12.8 Å². The van der Waals surface area contributed by atoms with Crippen LogP contribution in [0.4, 0.5) is 0 Å². The predicted octanol–water partition coefficient (Wildman–Crippen LogP) is 1.23. The number of nitrogens with zero attached hydrogens (tertiary/aromatic N) is 1. The number of aromatic nitrogens is 1. The molecule has 4 nitrogen and oxygen atoms in total. The molecule has 0 fully saturated rings. The molecular weight excluding hydrogens is 190 g/mol. The average Bonchev–Trinajstić information content (AvgIpc) is 2.47. The van der Waals surface area contributed by atoms with Gasteiger partial charge in [-0.25, -0.2) is 13.4 Å². The van der Waals surface area contributed by atoms with Crippen molar-refractivity contribution in [3.63, 3.8) is 0 Å². The van der Waals surface area contributed by atoms with Crippen molar-refractivity contribution in [1.82, 2.24) is 4.98 Å². The lowest BCUT2D eigenvalue weighted by molar-refractivity contribution is 0.595. The summed E-state index contributed by atoms with van der Waals surface area (Å²) < 4.78 is 27.3. The summed E-state index contributed by atoms with van der Waals surface area (Å²) in [5.74, 6) is 0. The van der Waals surface area contributed by atoms with E-state index in [0.29, 0.717) is 11.1 Å². The molecule has 0 radical (unpaired) electrons. The van der Waals surface area contributed by atoms with Crippen LogP contribution >= 0.6 is 0 Å². The van der Waals surface area contributed by atoms with Gasteiger partial charge >= 0.3 is 0 Å². The molecule has 0 aliphatic rings. The van der Waals surface area contributed by atoms with Crippen molar-refractivity contribution in [2.24, 2.45) is 0 Å². The minimum atomic E-state index is -3.16. The summed E-state index contributed by atoms with van der Waals surface area (Å²) in [6, 6.07) is 4.60. The molecule has 0 saturated heterocycles. The highest BCUT2D eigenvalue weighted by molar-refractivity contribution is 7.90. The van der Waals surface area contributed by atoms with Crippen molar-refractivity contribution in [2.75, 3.05) is 6.26 Å². The third-order valence-electron chi connectivity index (χ3n) is 1.73. The highest BCUT2D eigenvalue weighted by Gasteiger charge is 2.08. The van der Waals surface area contributed by atoms with Crippen LogP contribution < -0.4 is 0 Å². The van der Waals surface area contributed by atoms with Crippen molar-refractivity contribution in [3.8, 4) is 0 Å². The fourth-order valence-electron chi connectivity index (χ4n) is 1.07. The minimum Gasteiger partial charge on any atom is -0.443 e. The first-order chi connectivity index (χ1) is 6.07. The maximum absolute atomic E-state index is 11.1. The van der Waals surface area contributed by atoms with E-state index < -0.39 is 9.84 Å². The van der Waals surface area contributed by atoms with E-state index in [4.69, 9.17) is 4.42 Å². The lowest BCUT2D eigenvalue weighted by Gasteiger charge is -1.95. The first-order valence-electron chi connectivity index (χ1n) is 3.61. The topological polar surface area (TPSA) is 60.2 Å². The van der Waals surface area contributed by atoms with E-state index in [2.05, 4.69) is 4.98 Å². The molecule has 2 aromatic rings. The molecule has 1 aromatic heterocycles. The second-order valence-corrected chi connectivity index (χ2v) is 4.77. The Morgan fingerprint density at radius 3 is 2.85 bits per heavy atom. The predicted molar refractivity (Wildman–Crippen MR) is 47.1 cm³/mol. The SMILES string of the molecule is CS(=O)(=O)c1ccc2ncoc2c1. The van der Waals surface area contributed by atoms with Crippen molar-refractivity contribution >= 4 is 20.9 Å². The molecular formula is C8H7NO3S. The molecule has 0 amide bonds. The fourth-order valence-corrected chi connectivity index (χ4v) is 1.70. The van der Waals surface area contributed by atoms with Gasteiger partial charge < -0.3 is 4.42 Å². The second kappa shape index (κ2) is 2.56. The van der Waals surface area contributed by atoms with Crippen LogP contribution in [0.25, 0.3) is 11.1 Å². The number of oxazole rings is 1. The Kier molecular flexibility index (Phi) is 1.63. The van der Waals surface area contributed by atoms with E-state index in [1.807, 2.05) is 0 Å². The van der Waals surface area contributed by atoms with Crippen LogP contribution in [0.3, 0.4) is 0 Å². The van der Waals surface area contributed by atoms with Gasteiger partial charge in [-0.3, -0.25) is 0 Å². The average molecular weight is 197 g/mol. The van der Waals surface area contributed by atoms with Crippen molar-refractivity contribution in [1.29, 1.82) is 0 Å². The van der Waals surface area contributed by atoms with Crippen LogP contribution in [0.2, 0.25) is 0 Å². The van der Waals surface area contributed by atoms with E-state index in [1.54, 1.807) is 6.07 Å². The van der Waals surface area contributed by atoms with Gasteiger partial charge in [0, 0.05) is 12.3 Å². The van der Waals surface area contributed by atoms with Gasteiger partial charge in [-0.15, -0.1) is 0 Å². The number of benzene rings is 1. The van der Waals surface area contributed by atoms with E-state index >= 15 is 0 Å². The van der Waals surface area contributed by atoms with Crippen LogP contribution in [0.15, 0.2) is 33.9 Å². The third kappa shape index (κ3) is 1.42. The summed E-state index contributed by atoms with van der Waals surface area (Å²) in [7, 11) is -3.16. The monoisotopic (exact) mass is 197 g/mol. The summed E-state index contributed by atoms with van der Waals surface area (Å²) in [4.78, 5) is 4.13. The number of sulfone groups is 1. The maximum Gasteiger partial charge on any atom is 0.181 e.